The highest BCUT2D eigenvalue weighted by molar-refractivity contribution is 6.31. The molecule has 5 rings (SSSR count). The molecule has 1 N–H and O–H groups in total. The highest BCUT2D eigenvalue weighted by atomic mass is 35.5. The third-order valence-corrected chi connectivity index (χ3v) is 7.91. The van der Waals surface area contributed by atoms with E-state index >= 15 is 4.39 Å². The summed E-state index contributed by atoms with van der Waals surface area (Å²) in [5.74, 6) is -5.11. The number of pyridine rings is 1. The summed E-state index contributed by atoms with van der Waals surface area (Å²) in [4.78, 5) is 32.6. The first-order chi connectivity index (χ1) is 19.0. The van der Waals surface area contributed by atoms with Crippen LogP contribution >= 0.6 is 11.6 Å². The maximum Gasteiger partial charge on any atom is 0.271 e. The molecule has 40 heavy (non-hydrogen) atoms. The van der Waals surface area contributed by atoms with Crippen LogP contribution in [0.15, 0.2) is 42.7 Å². The zero-order valence-electron chi connectivity index (χ0n) is 22.3. The van der Waals surface area contributed by atoms with E-state index in [-0.39, 0.29) is 40.9 Å². The molecule has 210 valence electrons. The fourth-order valence-corrected chi connectivity index (χ4v) is 5.67. The van der Waals surface area contributed by atoms with Gasteiger partial charge < -0.3 is 10.2 Å². The van der Waals surface area contributed by atoms with Gasteiger partial charge in [0.1, 0.15) is 5.82 Å². The van der Waals surface area contributed by atoms with E-state index in [0.29, 0.717) is 43.3 Å². The quantitative estimate of drug-likeness (QED) is 0.389. The third kappa shape index (κ3) is 5.24. The summed E-state index contributed by atoms with van der Waals surface area (Å²) in [7, 11) is 1.78. The Morgan fingerprint density at radius 1 is 1.18 bits per heavy atom. The van der Waals surface area contributed by atoms with Crippen LogP contribution in [0.5, 0.6) is 0 Å². The molecule has 11 heteroatoms. The summed E-state index contributed by atoms with van der Waals surface area (Å²) in [5, 5.41) is 7.00. The number of carbonyl (C=O) groups excluding carboxylic acids is 2. The molecule has 0 saturated heterocycles. The van der Waals surface area contributed by atoms with Crippen LogP contribution < -0.4 is 5.32 Å². The minimum absolute atomic E-state index is 0.116. The van der Waals surface area contributed by atoms with Crippen molar-refractivity contribution >= 4 is 34.7 Å². The number of amides is 2. The molecule has 2 bridgehead atoms. The Morgan fingerprint density at radius 3 is 2.67 bits per heavy atom. The van der Waals surface area contributed by atoms with Crippen LogP contribution in [-0.2, 0) is 22.6 Å². The topological polar surface area (TPSA) is 80.1 Å². The molecule has 0 aliphatic carbocycles. The number of carbonyl (C=O) groups is 2. The molecule has 2 aromatic heterocycles. The Kier molecular flexibility index (Phi) is 7.48. The monoisotopic (exact) mass is 571 g/mol. The van der Waals surface area contributed by atoms with Crippen molar-refractivity contribution in [1.82, 2.24) is 19.7 Å². The molecule has 7 nitrogen and oxygen atoms in total. The summed E-state index contributed by atoms with van der Waals surface area (Å²) >= 11 is 5.94. The van der Waals surface area contributed by atoms with Gasteiger partial charge in [-0.15, -0.1) is 0 Å². The third-order valence-electron chi connectivity index (χ3n) is 7.62. The van der Waals surface area contributed by atoms with Crippen molar-refractivity contribution in [1.29, 1.82) is 0 Å². The predicted octanol–water partition coefficient (Wildman–Crippen LogP) is 6.50. The molecule has 0 unspecified atom stereocenters. The summed E-state index contributed by atoms with van der Waals surface area (Å²) < 4.78 is 45.5. The van der Waals surface area contributed by atoms with Gasteiger partial charge in [0.05, 0.1) is 34.3 Å². The summed E-state index contributed by atoms with van der Waals surface area (Å²) in [5.41, 5.74) is 2.07. The van der Waals surface area contributed by atoms with Crippen LogP contribution in [0.4, 0.5) is 18.9 Å². The summed E-state index contributed by atoms with van der Waals surface area (Å²) in [6.07, 6.45) is 6.40. The fraction of sp³-hybridized carbons (Fsp3) is 0.379. The average molecular weight is 572 g/mol. The minimum Gasteiger partial charge on any atom is -0.330 e. The van der Waals surface area contributed by atoms with E-state index in [1.807, 2.05) is 19.1 Å². The molecule has 0 saturated carbocycles. The van der Waals surface area contributed by atoms with Gasteiger partial charge in [0.2, 0.25) is 11.8 Å². The normalized spacial score (nSPS) is 20.3. The van der Waals surface area contributed by atoms with Crippen molar-refractivity contribution in [2.24, 2.45) is 13.0 Å². The molecule has 1 aromatic carbocycles. The van der Waals surface area contributed by atoms with Crippen LogP contribution in [-0.4, -0.2) is 38.0 Å². The highest BCUT2D eigenvalue weighted by Gasteiger charge is 2.35. The number of fused-ring (bicyclic) bond motifs is 4. The first kappa shape index (κ1) is 27.9. The number of hydrogen-bond donors (Lipinski definition) is 1. The number of halogens is 4. The van der Waals surface area contributed by atoms with Crippen LogP contribution in [0.25, 0.3) is 16.8 Å². The van der Waals surface area contributed by atoms with Crippen molar-refractivity contribution in [3.63, 3.8) is 0 Å². The van der Waals surface area contributed by atoms with Crippen molar-refractivity contribution in [2.75, 3.05) is 11.9 Å². The zero-order valence-corrected chi connectivity index (χ0v) is 23.1. The molecule has 2 aliphatic heterocycles. The van der Waals surface area contributed by atoms with Gasteiger partial charge in [0, 0.05) is 55.4 Å². The van der Waals surface area contributed by atoms with E-state index in [2.05, 4.69) is 15.4 Å². The second-order valence-electron chi connectivity index (χ2n) is 10.5. The number of benzene rings is 1. The van der Waals surface area contributed by atoms with Crippen LogP contribution in [0.1, 0.15) is 62.4 Å². The van der Waals surface area contributed by atoms with Gasteiger partial charge in [-0.25, -0.2) is 13.2 Å². The van der Waals surface area contributed by atoms with Gasteiger partial charge in [0.15, 0.2) is 0 Å². The molecule has 2 amide bonds. The number of nitrogens with one attached hydrogen (secondary N) is 1. The standard InChI is InChI=1S/C29H29ClF3N5O2/c1-16-5-4-6-23(21-13-18(9-11-34-21)27-22(36-28(16)40)15-35-37(27)3)38-12-10-17(14-24(38)39)25-19(29(2,32)33)7-8-20(30)26(25)31/h7-9,11,13-16,23H,4-6,10,12H2,1-3H3,(H,36,40)/t16-,23+/m1/s1. The Labute approximate surface area is 235 Å². The molecular formula is C29H29ClF3N5O2. The van der Waals surface area contributed by atoms with E-state index in [1.54, 1.807) is 29.0 Å². The lowest BCUT2D eigenvalue weighted by atomic mass is 9.90. The van der Waals surface area contributed by atoms with Crippen molar-refractivity contribution in [3.05, 3.63) is 70.4 Å². The van der Waals surface area contributed by atoms with E-state index in [0.717, 1.165) is 17.7 Å². The van der Waals surface area contributed by atoms with Crippen LogP contribution in [0, 0.1) is 11.7 Å². The number of aromatic nitrogens is 3. The second kappa shape index (κ2) is 10.7. The molecule has 0 spiro atoms. The molecule has 2 atom stereocenters. The number of nitrogens with zero attached hydrogens (tertiary/aromatic N) is 4. The van der Waals surface area contributed by atoms with Gasteiger partial charge in [0.25, 0.3) is 5.92 Å². The lowest BCUT2D eigenvalue weighted by Gasteiger charge is -2.35. The smallest absolute Gasteiger partial charge is 0.271 e. The zero-order chi connectivity index (χ0) is 28.8. The number of anilines is 1. The van der Waals surface area contributed by atoms with Gasteiger partial charge >= 0.3 is 0 Å². The van der Waals surface area contributed by atoms with Crippen molar-refractivity contribution in [2.45, 2.75) is 51.5 Å². The average Bonchev–Trinajstić information content (AvgIpc) is 3.26. The Balaban J connectivity index is 1.54. The van der Waals surface area contributed by atoms with Gasteiger partial charge in [-0.3, -0.25) is 19.3 Å². The minimum atomic E-state index is -3.33. The van der Waals surface area contributed by atoms with E-state index < -0.39 is 29.3 Å². The number of rotatable bonds is 3. The fourth-order valence-electron chi connectivity index (χ4n) is 5.51. The van der Waals surface area contributed by atoms with Gasteiger partial charge in [-0.05, 0) is 43.0 Å². The maximum atomic E-state index is 15.1. The van der Waals surface area contributed by atoms with Crippen LogP contribution in [0.3, 0.4) is 0 Å². The van der Waals surface area contributed by atoms with E-state index in [4.69, 9.17) is 11.6 Å². The first-order valence-electron chi connectivity index (χ1n) is 13.1. The van der Waals surface area contributed by atoms with Crippen LogP contribution in [0.2, 0.25) is 5.02 Å². The second-order valence-corrected chi connectivity index (χ2v) is 10.9. The predicted molar refractivity (Wildman–Crippen MR) is 146 cm³/mol. The highest BCUT2D eigenvalue weighted by Crippen LogP contribution is 2.41. The number of aryl methyl sites for hydroxylation is 1. The van der Waals surface area contributed by atoms with Crippen molar-refractivity contribution < 1.29 is 22.8 Å². The maximum absolute atomic E-state index is 15.1. The number of alkyl halides is 2. The largest absolute Gasteiger partial charge is 0.330 e. The molecule has 0 fully saturated rings. The Hall–Kier alpha value is -3.66. The summed E-state index contributed by atoms with van der Waals surface area (Å²) in [6, 6.07) is 5.45. The molecule has 4 heterocycles. The molecular weight excluding hydrogens is 543 g/mol. The molecule has 2 aliphatic rings. The lowest BCUT2D eigenvalue weighted by molar-refractivity contribution is -0.129. The summed E-state index contributed by atoms with van der Waals surface area (Å²) in [6.45, 7) is 2.72. The van der Waals surface area contributed by atoms with Gasteiger partial charge in [-0.2, -0.15) is 5.10 Å². The molecule has 0 radical (unpaired) electrons. The Bertz CT molecular complexity index is 1510. The van der Waals surface area contributed by atoms with Crippen molar-refractivity contribution in [3.8, 4) is 11.3 Å². The van der Waals surface area contributed by atoms with Gasteiger partial charge in [-0.1, -0.05) is 31.0 Å². The SMILES string of the molecule is C[C@@H]1CCC[C@H](N2CCC(c3c(C(C)(F)F)ccc(Cl)c3F)=CC2=O)c2cc(ccn2)-c2c(cnn2C)NC1=O. The lowest BCUT2D eigenvalue weighted by Crippen LogP contribution is -2.38. The van der Waals surface area contributed by atoms with E-state index in [9.17, 15) is 18.4 Å². The number of hydrogen-bond acceptors (Lipinski definition) is 4. The Morgan fingerprint density at radius 2 is 1.95 bits per heavy atom. The first-order valence-corrected chi connectivity index (χ1v) is 13.5. The molecule has 3 aromatic rings. The van der Waals surface area contributed by atoms with E-state index in [1.165, 1.54) is 6.08 Å².